The molecule has 1 aromatic carbocycles. The van der Waals surface area contributed by atoms with Gasteiger partial charge in [0.25, 0.3) is 0 Å². The molecule has 0 fully saturated rings. The Morgan fingerprint density at radius 1 is 1.42 bits per heavy atom. The number of benzene rings is 1. The summed E-state index contributed by atoms with van der Waals surface area (Å²) in [6.45, 7) is 0. The van der Waals surface area contributed by atoms with Crippen molar-refractivity contribution in [2.45, 2.75) is 0 Å². The first-order valence-corrected chi connectivity index (χ1v) is 3.56. The lowest BCUT2D eigenvalue weighted by molar-refractivity contribution is 0.416. The van der Waals surface area contributed by atoms with Gasteiger partial charge in [0.05, 0.1) is 7.11 Å². The third-order valence-electron chi connectivity index (χ3n) is 1.76. The highest BCUT2D eigenvalue weighted by Gasteiger charge is 2.08. The molecule has 12 heavy (non-hydrogen) atoms. The molecular formula is C9H8O3. The molecule has 3 heteroatoms. The predicted molar refractivity (Wildman–Crippen MR) is 44.4 cm³/mol. The Labute approximate surface area is 69.2 Å². The van der Waals surface area contributed by atoms with Gasteiger partial charge in [0.2, 0.25) is 0 Å². The highest BCUT2D eigenvalue weighted by molar-refractivity contribution is 5.89. The maximum atomic E-state index is 9.35. The Bertz CT molecular complexity index is 403. The molecule has 2 aromatic rings. The quantitative estimate of drug-likeness (QED) is 0.702. The second-order valence-electron chi connectivity index (χ2n) is 2.45. The number of ether oxygens (including phenoxy) is 1. The second kappa shape index (κ2) is 2.44. The molecule has 0 saturated heterocycles. The van der Waals surface area contributed by atoms with Crippen LogP contribution in [0, 0.1) is 0 Å². The minimum absolute atomic E-state index is 0.113. The molecule has 3 nitrogen and oxygen atoms in total. The molecule has 0 unspecified atom stereocenters. The van der Waals surface area contributed by atoms with E-state index in [2.05, 4.69) is 0 Å². The zero-order chi connectivity index (χ0) is 8.55. The van der Waals surface area contributed by atoms with Gasteiger partial charge in [0.1, 0.15) is 23.0 Å². The number of rotatable bonds is 1. The number of hydrogen-bond acceptors (Lipinski definition) is 3. The van der Waals surface area contributed by atoms with Crippen LogP contribution in [0.5, 0.6) is 11.5 Å². The molecule has 2 rings (SSSR count). The SMILES string of the molecule is COc1cccc2occ(O)c12. The van der Waals surface area contributed by atoms with Gasteiger partial charge in [-0.05, 0) is 12.1 Å². The first kappa shape index (κ1) is 7.03. The Morgan fingerprint density at radius 2 is 2.25 bits per heavy atom. The van der Waals surface area contributed by atoms with Crippen LogP contribution in [0.3, 0.4) is 0 Å². The van der Waals surface area contributed by atoms with E-state index in [4.69, 9.17) is 9.15 Å². The van der Waals surface area contributed by atoms with E-state index in [1.54, 1.807) is 19.2 Å². The molecule has 0 bridgehead atoms. The molecule has 1 heterocycles. The van der Waals surface area contributed by atoms with Crippen LogP contribution in [0.1, 0.15) is 0 Å². The molecular weight excluding hydrogens is 156 g/mol. The monoisotopic (exact) mass is 164 g/mol. The molecule has 0 aliphatic heterocycles. The summed E-state index contributed by atoms with van der Waals surface area (Å²) >= 11 is 0. The molecule has 0 atom stereocenters. The number of aromatic hydroxyl groups is 1. The van der Waals surface area contributed by atoms with Crippen LogP contribution in [-0.4, -0.2) is 12.2 Å². The molecule has 0 aliphatic carbocycles. The van der Waals surface area contributed by atoms with E-state index < -0.39 is 0 Å². The standard InChI is InChI=1S/C9H8O3/c1-11-7-3-2-4-8-9(7)6(10)5-12-8/h2-5,10H,1H3. The van der Waals surface area contributed by atoms with Crippen LogP contribution >= 0.6 is 0 Å². The molecule has 0 radical (unpaired) electrons. The number of methoxy groups -OCH3 is 1. The van der Waals surface area contributed by atoms with Gasteiger partial charge < -0.3 is 14.3 Å². The van der Waals surface area contributed by atoms with E-state index in [0.29, 0.717) is 16.7 Å². The van der Waals surface area contributed by atoms with Gasteiger partial charge in [0.15, 0.2) is 5.75 Å². The Hall–Kier alpha value is -1.64. The van der Waals surface area contributed by atoms with Crippen molar-refractivity contribution in [3.05, 3.63) is 24.5 Å². The molecule has 0 saturated carbocycles. The van der Waals surface area contributed by atoms with Crippen LogP contribution in [0.2, 0.25) is 0 Å². The van der Waals surface area contributed by atoms with Crippen molar-refractivity contribution < 1.29 is 14.3 Å². The van der Waals surface area contributed by atoms with Gasteiger partial charge in [-0.2, -0.15) is 0 Å². The molecule has 62 valence electrons. The van der Waals surface area contributed by atoms with Crippen molar-refractivity contribution in [1.29, 1.82) is 0 Å². The van der Waals surface area contributed by atoms with E-state index in [1.807, 2.05) is 6.07 Å². The summed E-state index contributed by atoms with van der Waals surface area (Å²) in [7, 11) is 1.56. The minimum atomic E-state index is 0.113. The summed E-state index contributed by atoms with van der Waals surface area (Å²) in [5.74, 6) is 0.737. The van der Waals surface area contributed by atoms with Crippen LogP contribution in [0.25, 0.3) is 11.0 Å². The fourth-order valence-electron chi connectivity index (χ4n) is 1.21. The molecule has 0 spiro atoms. The zero-order valence-corrected chi connectivity index (χ0v) is 6.57. The van der Waals surface area contributed by atoms with Crippen LogP contribution < -0.4 is 4.74 Å². The molecule has 1 N–H and O–H groups in total. The van der Waals surface area contributed by atoms with E-state index in [9.17, 15) is 5.11 Å². The minimum Gasteiger partial charge on any atom is -0.504 e. The predicted octanol–water partition coefficient (Wildman–Crippen LogP) is 2.15. The summed E-state index contributed by atoms with van der Waals surface area (Å²) in [5, 5.41) is 9.97. The fourth-order valence-corrected chi connectivity index (χ4v) is 1.21. The number of fused-ring (bicyclic) bond motifs is 1. The first-order valence-electron chi connectivity index (χ1n) is 3.56. The van der Waals surface area contributed by atoms with Crippen LogP contribution in [0.4, 0.5) is 0 Å². The average molecular weight is 164 g/mol. The van der Waals surface area contributed by atoms with Crippen LogP contribution in [-0.2, 0) is 0 Å². The zero-order valence-electron chi connectivity index (χ0n) is 6.57. The number of furan rings is 1. The Balaban J connectivity index is 2.84. The number of hydrogen-bond donors (Lipinski definition) is 1. The van der Waals surface area contributed by atoms with E-state index in [1.165, 1.54) is 6.26 Å². The van der Waals surface area contributed by atoms with Gasteiger partial charge in [-0.15, -0.1) is 0 Å². The summed E-state index contributed by atoms with van der Waals surface area (Å²) < 4.78 is 10.1. The average Bonchev–Trinajstić information content (AvgIpc) is 2.48. The van der Waals surface area contributed by atoms with Gasteiger partial charge in [-0.25, -0.2) is 0 Å². The lowest BCUT2D eigenvalue weighted by Gasteiger charge is -1.99. The van der Waals surface area contributed by atoms with Crippen molar-refractivity contribution in [2.75, 3.05) is 7.11 Å². The highest BCUT2D eigenvalue weighted by atomic mass is 16.5. The maximum absolute atomic E-state index is 9.35. The Kier molecular flexibility index (Phi) is 1.43. The fraction of sp³-hybridized carbons (Fsp3) is 0.111. The summed E-state index contributed by atoms with van der Waals surface area (Å²) in [4.78, 5) is 0. The lowest BCUT2D eigenvalue weighted by atomic mass is 10.2. The molecule has 0 amide bonds. The Morgan fingerprint density at radius 3 is 3.00 bits per heavy atom. The summed E-state index contributed by atoms with van der Waals surface area (Å²) in [6.07, 6.45) is 1.30. The van der Waals surface area contributed by atoms with Crippen molar-refractivity contribution in [3.8, 4) is 11.5 Å². The van der Waals surface area contributed by atoms with Crippen molar-refractivity contribution >= 4 is 11.0 Å². The summed E-state index contributed by atoms with van der Waals surface area (Å²) in [6, 6.07) is 5.36. The van der Waals surface area contributed by atoms with Gasteiger partial charge >= 0.3 is 0 Å². The topological polar surface area (TPSA) is 42.6 Å². The normalized spacial score (nSPS) is 10.4. The maximum Gasteiger partial charge on any atom is 0.165 e. The highest BCUT2D eigenvalue weighted by Crippen LogP contribution is 2.34. The molecule has 1 aromatic heterocycles. The van der Waals surface area contributed by atoms with Gasteiger partial charge in [0, 0.05) is 0 Å². The summed E-state index contributed by atoms with van der Waals surface area (Å²) in [5.41, 5.74) is 0.631. The van der Waals surface area contributed by atoms with Gasteiger partial charge in [-0.1, -0.05) is 6.07 Å². The third-order valence-corrected chi connectivity index (χ3v) is 1.76. The van der Waals surface area contributed by atoms with Crippen molar-refractivity contribution in [1.82, 2.24) is 0 Å². The van der Waals surface area contributed by atoms with E-state index in [-0.39, 0.29) is 5.75 Å². The largest absolute Gasteiger partial charge is 0.504 e. The second-order valence-corrected chi connectivity index (χ2v) is 2.45. The first-order chi connectivity index (χ1) is 5.83. The van der Waals surface area contributed by atoms with Crippen molar-refractivity contribution in [2.24, 2.45) is 0 Å². The smallest absolute Gasteiger partial charge is 0.165 e. The van der Waals surface area contributed by atoms with Crippen molar-refractivity contribution in [3.63, 3.8) is 0 Å². The third kappa shape index (κ3) is 0.830. The van der Waals surface area contributed by atoms with Crippen LogP contribution in [0.15, 0.2) is 28.9 Å². The van der Waals surface area contributed by atoms with E-state index >= 15 is 0 Å². The lowest BCUT2D eigenvalue weighted by Crippen LogP contribution is -1.81. The van der Waals surface area contributed by atoms with E-state index in [0.717, 1.165) is 0 Å². The van der Waals surface area contributed by atoms with Gasteiger partial charge in [-0.3, -0.25) is 0 Å². The molecule has 0 aliphatic rings.